The second-order valence-corrected chi connectivity index (χ2v) is 9.79. The van der Waals surface area contributed by atoms with Crippen LogP contribution in [0.1, 0.15) is 47.8 Å². The molecule has 1 aliphatic heterocycles. The number of carbonyl (C=O) groups excluding carboxylic acids is 3. The van der Waals surface area contributed by atoms with Crippen molar-refractivity contribution in [2.75, 3.05) is 13.7 Å². The highest BCUT2D eigenvalue weighted by Gasteiger charge is 2.56. The number of allylic oxidation sites excluding steroid dienone is 4. The van der Waals surface area contributed by atoms with Gasteiger partial charge in [-0.3, -0.25) is 14.4 Å². The van der Waals surface area contributed by atoms with Gasteiger partial charge < -0.3 is 30.0 Å². The van der Waals surface area contributed by atoms with Crippen molar-refractivity contribution in [1.82, 2.24) is 10.3 Å². The Hall–Kier alpha value is -4.53. The molecule has 0 bridgehead atoms. The molecule has 0 amide bonds. The maximum absolute atomic E-state index is 13.9. The van der Waals surface area contributed by atoms with Gasteiger partial charge in [0.2, 0.25) is 0 Å². The first kappa shape index (κ1) is 25.1. The van der Waals surface area contributed by atoms with Crippen LogP contribution < -0.4 is 14.8 Å². The summed E-state index contributed by atoms with van der Waals surface area (Å²) < 4.78 is 11.1. The molecule has 196 valence electrons. The van der Waals surface area contributed by atoms with Crippen molar-refractivity contribution in [3.8, 4) is 23.0 Å². The Morgan fingerprint density at radius 2 is 1.92 bits per heavy atom. The fourth-order valence-corrected chi connectivity index (χ4v) is 5.33. The Balaban J connectivity index is 1.48. The third-order valence-electron chi connectivity index (χ3n) is 7.52. The summed E-state index contributed by atoms with van der Waals surface area (Å²) in [5.41, 5.74) is 0.816. The van der Waals surface area contributed by atoms with E-state index in [1.54, 1.807) is 21.0 Å². The van der Waals surface area contributed by atoms with Crippen molar-refractivity contribution in [3.63, 3.8) is 0 Å². The van der Waals surface area contributed by atoms with Gasteiger partial charge in [0.05, 0.1) is 18.2 Å². The van der Waals surface area contributed by atoms with E-state index in [9.17, 15) is 24.6 Å². The summed E-state index contributed by atoms with van der Waals surface area (Å²) >= 11 is 0. The predicted molar refractivity (Wildman–Crippen MR) is 140 cm³/mol. The number of phenolic OH excluding ortho intramolecular Hbond substituents is 2. The van der Waals surface area contributed by atoms with Crippen molar-refractivity contribution in [2.24, 2.45) is 0 Å². The number of rotatable bonds is 6. The van der Waals surface area contributed by atoms with E-state index in [0.29, 0.717) is 18.7 Å². The van der Waals surface area contributed by atoms with Crippen molar-refractivity contribution in [1.29, 1.82) is 0 Å². The monoisotopic (exact) mass is 516 g/mol. The number of hydrogen-bond acceptors (Lipinski definition) is 8. The summed E-state index contributed by atoms with van der Waals surface area (Å²) in [5.74, 6) is -1.71. The van der Waals surface area contributed by atoms with Gasteiger partial charge >= 0.3 is 0 Å². The number of ketones is 3. The smallest absolute Gasteiger partial charge is 0.194 e. The van der Waals surface area contributed by atoms with E-state index in [1.807, 2.05) is 24.4 Å². The molecule has 4 N–H and O–H groups in total. The van der Waals surface area contributed by atoms with E-state index >= 15 is 0 Å². The Morgan fingerprint density at radius 1 is 1.18 bits per heavy atom. The van der Waals surface area contributed by atoms with Crippen LogP contribution in [0.5, 0.6) is 23.0 Å². The van der Waals surface area contributed by atoms with Crippen LogP contribution in [0, 0.1) is 6.92 Å². The van der Waals surface area contributed by atoms with Crippen LogP contribution in [-0.4, -0.2) is 46.2 Å². The van der Waals surface area contributed by atoms with Gasteiger partial charge in [0, 0.05) is 41.0 Å². The molecule has 9 nitrogen and oxygen atoms in total. The molecule has 1 atom stereocenters. The lowest BCUT2D eigenvalue weighted by Crippen LogP contribution is -2.41. The van der Waals surface area contributed by atoms with E-state index < -0.39 is 28.5 Å². The van der Waals surface area contributed by atoms with Crippen LogP contribution in [0.2, 0.25) is 0 Å². The third kappa shape index (κ3) is 3.49. The Kier molecular flexibility index (Phi) is 5.82. The lowest BCUT2D eigenvalue weighted by molar-refractivity contribution is -0.123. The number of aromatic hydroxyl groups is 2. The standard InChI is InChI=1S/C29H28N2O7/c1-13-25(34)23(15(3)32)27-24(26(13)35)29(4)21(38-27)11-20(33)22(28(29)36)14(2)30-9-8-16-12-31-19-7-6-17(37-5)10-18(16)19/h6-7,10-12,30-31,34-35H,8-9H2,1-5H3/b22-14+/t29-/m0/s1. The van der Waals surface area contributed by atoms with Gasteiger partial charge in [-0.15, -0.1) is 0 Å². The minimum Gasteiger partial charge on any atom is -0.507 e. The molecule has 5 rings (SSSR count). The average molecular weight is 517 g/mol. The maximum Gasteiger partial charge on any atom is 0.194 e. The van der Waals surface area contributed by atoms with E-state index in [-0.39, 0.29) is 39.5 Å². The first-order valence-corrected chi connectivity index (χ1v) is 12.2. The molecule has 0 radical (unpaired) electrons. The summed E-state index contributed by atoms with van der Waals surface area (Å²) in [6.45, 7) is 6.36. The summed E-state index contributed by atoms with van der Waals surface area (Å²) in [4.78, 5) is 42.5. The highest BCUT2D eigenvalue weighted by atomic mass is 16.5. The van der Waals surface area contributed by atoms with Crippen molar-refractivity contribution in [2.45, 2.75) is 39.5 Å². The van der Waals surface area contributed by atoms with Crippen LogP contribution in [0.25, 0.3) is 10.9 Å². The van der Waals surface area contributed by atoms with Gasteiger partial charge in [0.1, 0.15) is 39.7 Å². The highest BCUT2D eigenvalue weighted by molar-refractivity contribution is 6.31. The van der Waals surface area contributed by atoms with Gasteiger partial charge in [-0.1, -0.05) is 0 Å². The number of methoxy groups -OCH3 is 1. The largest absolute Gasteiger partial charge is 0.507 e. The molecule has 38 heavy (non-hydrogen) atoms. The molecule has 0 saturated heterocycles. The zero-order chi connectivity index (χ0) is 27.5. The highest BCUT2D eigenvalue weighted by Crippen LogP contribution is 2.57. The molecular formula is C29H28N2O7. The normalized spacial score (nSPS) is 19.6. The molecule has 9 heteroatoms. The van der Waals surface area contributed by atoms with Gasteiger partial charge in [-0.05, 0) is 57.9 Å². The number of benzene rings is 2. The number of phenols is 2. The maximum atomic E-state index is 13.9. The average Bonchev–Trinajstić information content (AvgIpc) is 3.41. The third-order valence-corrected chi connectivity index (χ3v) is 7.52. The molecule has 0 fully saturated rings. The molecule has 0 unspecified atom stereocenters. The number of aromatic amines is 1. The van der Waals surface area contributed by atoms with Crippen LogP contribution in [0.4, 0.5) is 0 Å². The topological polar surface area (TPSA) is 138 Å². The number of Topliss-reactive ketones (excluding diaryl/α,β-unsaturated/α-hetero) is 2. The summed E-state index contributed by atoms with van der Waals surface area (Å²) in [7, 11) is 1.61. The minimum absolute atomic E-state index is 0.00888. The van der Waals surface area contributed by atoms with E-state index in [0.717, 1.165) is 22.2 Å². The van der Waals surface area contributed by atoms with Crippen molar-refractivity contribution >= 4 is 28.3 Å². The molecule has 1 aromatic heterocycles. The molecule has 0 spiro atoms. The van der Waals surface area contributed by atoms with Crippen molar-refractivity contribution in [3.05, 3.63) is 69.8 Å². The number of ether oxygens (including phenoxy) is 2. The summed E-state index contributed by atoms with van der Waals surface area (Å²) in [6.07, 6.45) is 3.75. The summed E-state index contributed by atoms with van der Waals surface area (Å²) in [6, 6.07) is 5.77. The fraction of sp³-hybridized carbons (Fsp3) is 0.276. The minimum atomic E-state index is -1.54. The second-order valence-electron chi connectivity index (χ2n) is 9.79. The van der Waals surface area contributed by atoms with Gasteiger partial charge in [0.15, 0.2) is 17.3 Å². The molecule has 3 aromatic rings. The SMILES string of the molecule is COc1ccc2[nH]cc(CCN/C(C)=C3\C(=O)C=C4Oc5c(C(C)=O)c(O)c(C)c(O)c5[C@@]4(C)C3=O)c2c1. The number of aromatic nitrogens is 1. The number of H-pyrrole nitrogens is 1. The number of nitrogens with one attached hydrogen (secondary N) is 2. The van der Waals surface area contributed by atoms with Crippen molar-refractivity contribution < 1.29 is 34.1 Å². The van der Waals surface area contributed by atoms with Gasteiger partial charge in [-0.2, -0.15) is 0 Å². The Bertz CT molecular complexity index is 1630. The molecule has 2 aliphatic rings. The quantitative estimate of drug-likeness (QED) is 0.220. The lowest BCUT2D eigenvalue weighted by Gasteiger charge is -2.29. The molecular weight excluding hydrogens is 488 g/mol. The van der Waals surface area contributed by atoms with Crippen LogP contribution >= 0.6 is 0 Å². The predicted octanol–water partition coefficient (Wildman–Crippen LogP) is 3.89. The van der Waals surface area contributed by atoms with Crippen LogP contribution in [0.3, 0.4) is 0 Å². The number of hydrogen-bond donors (Lipinski definition) is 4. The fourth-order valence-electron chi connectivity index (χ4n) is 5.33. The lowest BCUT2D eigenvalue weighted by atomic mass is 9.70. The second kappa shape index (κ2) is 8.79. The van der Waals surface area contributed by atoms with Crippen LogP contribution in [0.15, 0.2) is 47.5 Å². The molecule has 1 aliphatic carbocycles. The zero-order valence-electron chi connectivity index (χ0n) is 21.7. The molecule has 2 aromatic carbocycles. The zero-order valence-corrected chi connectivity index (χ0v) is 21.7. The Morgan fingerprint density at radius 3 is 2.61 bits per heavy atom. The number of fused-ring (bicyclic) bond motifs is 4. The van der Waals surface area contributed by atoms with E-state index in [4.69, 9.17) is 9.47 Å². The molecule has 2 heterocycles. The van der Waals surface area contributed by atoms with Gasteiger partial charge in [-0.25, -0.2) is 0 Å². The summed E-state index contributed by atoms with van der Waals surface area (Å²) in [5, 5.41) is 25.6. The molecule has 0 saturated carbocycles. The van der Waals surface area contributed by atoms with Crippen LogP contribution in [-0.2, 0) is 21.4 Å². The van der Waals surface area contributed by atoms with E-state index in [1.165, 1.54) is 19.9 Å². The first-order valence-electron chi connectivity index (χ1n) is 12.2. The van der Waals surface area contributed by atoms with E-state index in [2.05, 4.69) is 10.3 Å². The Labute approximate surface area is 218 Å². The number of carbonyl (C=O) groups is 3. The first-order chi connectivity index (χ1) is 18.0. The van der Waals surface area contributed by atoms with Gasteiger partial charge in [0.25, 0.3) is 0 Å².